The predicted molar refractivity (Wildman–Crippen MR) is 37.6 cm³/mol. The van der Waals surface area contributed by atoms with Gasteiger partial charge in [0.05, 0.1) is 5.92 Å². The van der Waals surface area contributed by atoms with Crippen LogP contribution in [0.2, 0.25) is 0 Å². The molecular formula is C7H10NO3. The van der Waals surface area contributed by atoms with Gasteiger partial charge in [-0.3, -0.25) is 9.59 Å². The van der Waals surface area contributed by atoms with Gasteiger partial charge in [-0.1, -0.05) is 0 Å². The molecule has 1 radical (unpaired) electrons. The Morgan fingerprint density at radius 2 is 2.00 bits per heavy atom. The fraction of sp³-hybridized carbons (Fsp3) is 0.714. The van der Waals surface area contributed by atoms with Crippen LogP contribution >= 0.6 is 0 Å². The lowest BCUT2D eigenvalue weighted by molar-refractivity contribution is -0.143. The predicted octanol–water partition coefficient (Wildman–Crippen LogP) is -0.150. The maximum Gasteiger partial charge on any atom is 0.312 e. The molecule has 61 valence electrons. The molecule has 1 aliphatic heterocycles. The Morgan fingerprint density at radius 1 is 1.45 bits per heavy atom. The van der Waals surface area contributed by atoms with E-state index in [-0.39, 0.29) is 5.92 Å². The van der Waals surface area contributed by atoms with E-state index in [4.69, 9.17) is 5.11 Å². The van der Waals surface area contributed by atoms with Crippen LogP contribution in [-0.2, 0) is 9.59 Å². The summed E-state index contributed by atoms with van der Waals surface area (Å²) in [5.74, 6) is -1.02. The molecule has 0 unspecified atom stereocenters. The molecule has 0 aromatic rings. The van der Waals surface area contributed by atoms with E-state index in [0.717, 1.165) is 0 Å². The molecule has 4 nitrogen and oxygen atoms in total. The van der Waals surface area contributed by atoms with Crippen molar-refractivity contribution in [3.8, 4) is 0 Å². The molecule has 0 atom stereocenters. The van der Waals surface area contributed by atoms with E-state index in [1.807, 2.05) is 0 Å². The van der Waals surface area contributed by atoms with E-state index in [0.29, 0.717) is 25.9 Å². The van der Waals surface area contributed by atoms with Crippen LogP contribution in [0, 0.1) is 5.92 Å². The smallest absolute Gasteiger partial charge is 0.312 e. The SMILES string of the molecule is O=[C]N1CCC(C(=O)O)CC1. The van der Waals surface area contributed by atoms with Crippen molar-refractivity contribution in [3.63, 3.8) is 0 Å². The van der Waals surface area contributed by atoms with Gasteiger partial charge in [-0.05, 0) is 12.8 Å². The molecule has 0 spiro atoms. The number of carboxylic acid groups (broad SMARTS) is 1. The quantitative estimate of drug-likeness (QED) is 0.605. The highest BCUT2D eigenvalue weighted by Gasteiger charge is 2.23. The zero-order valence-corrected chi connectivity index (χ0v) is 6.12. The summed E-state index contributed by atoms with van der Waals surface area (Å²) in [4.78, 5) is 22.0. The van der Waals surface area contributed by atoms with E-state index in [1.165, 1.54) is 4.90 Å². The number of carbonyl (C=O) groups excluding carboxylic acids is 1. The monoisotopic (exact) mass is 156 g/mol. The third-order valence-corrected chi connectivity index (χ3v) is 1.97. The van der Waals surface area contributed by atoms with Crippen molar-refractivity contribution >= 4 is 12.4 Å². The van der Waals surface area contributed by atoms with Crippen LogP contribution in [0.4, 0.5) is 0 Å². The first-order valence-electron chi connectivity index (χ1n) is 3.59. The van der Waals surface area contributed by atoms with Crippen LogP contribution in [0.5, 0.6) is 0 Å². The number of carboxylic acids is 1. The third kappa shape index (κ3) is 1.93. The fourth-order valence-electron chi connectivity index (χ4n) is 1.22. The Bertz CT molecular complexity index is 161. The summed E-state index contributed by atoms with van der Waals surface area (Å²) in [6, 6.07) is 0. The minimum Gasteiger partial charge on any atom is -0.481 e. The molecule has 0 aliphatic carbocycles. The van der Waals surface area contributed by atoms with Crippen LogP contribution in [0.3, 0.4) is 0 Å². The molecule has 0 bridgehead atoms. The zero-order chi connectivity index (χ0) is 8.27. The van der Waals surface area contributed by atoms with Gasteiger partial charge < -0.3 is 10.0 Å². The van der Waals surface area contributed by atoms with Crippen molar-refractivity contribution in [3.05, 3.63) is 0 Å². The summed E-state index contributed by atoms with van der Waals surface area (Å²) in [5, 5.41) is 8.58. The van der Waals surface area contributed by atoms with Crippen molar-refractivity contribution in [2.75, 3.05) is 13.1 Å². The lowest BCUT2D eigenvalue weighted by Crippen LogP contribution is -2.35. The fourth-order valence-corrected chi connectivity index (χ4v) is 1.22. The molecule has 0 aromatic carbocycles. The number of hydrogen-bond donors (Lipinski definition) is 1. The number of amides is 1. The molecule has 1 saturated heterocycles. The van der Waals surface area contributed by atoms with Crippen LogP contribution in [0.25, 0.3) is 0 Å². The largest absolute Gasteiger partial charge is 0.481 e. The minimum absolute atomic E-state index is 0.264. The first-order chi connectivity index (χ1) is 5.24. The number of aliphatic carboxylic acids is 1. The van der Waals surface area contributed by atoms with Crippen LogP contribution in [0.15, 0.2) is 0 Å². The average Bonchev–Trinajstić information content (AvgIpc) is 2.05. The lowest BCUT2D eigenvalue weighted by Gasteiger charge is -2.25. The molecule has 1 fully saturated rings. The molecule has 1 rings (SSSR count). The van der Waals surface area contributed by atoms with Crippen molar-refractivity contribution < 1.29 is 14.7 Å². The molecule has 1 N–H and O–H groups in total. The van der Waals surface area contributed by atoms with E-state index in [2.05, 4.69) is 0 Å². The highest BCUT2D eigenvalue weighted by atomic mass is 16.4. The molecular weight excluding hydrogens is 146 g/mol. The summed E-state index contributed by atoms with van der Waals surface area (Å²) >= 11 is 0. The molecule has 1 heterocycles. The van der Waals surface area contributed by atoms with Crippen molar-refractivity contribution in [1.82, 2.24) is 4.90 Å². The second-order valence-electron chi connectivity index (χ2n) is 2.69. The topological polar surface area (TPSA) is 57.6 Å². The Balaban J connectivity index is 2.35. The minimum atomic E-state index is -0.754. The van der Waals surface area contributed by atoms with Crippen LogP contribution in [0.1, 0.15) is 12.8 Å². The molecule has 0 saturated carbocycles. The summed E-state index contributed by atoms with van der Waals surface area (Å²) in [5.41, 5.74) is 0. The Hall–Kier alpha value is -1.06. The summed E-state index contributed by atoms with van der Waals surface area (Å²) in [6.07, 6.45) is 2.87. The van der Waals surface area contributed by atoms with Gasteiger partial charge in [-0.25, -0.2) is 0 Å². The Labute approximate surface area is 64.8 Å². The molecule has 1 aliphatic rings. The Kier molecular flexibility index (Phi) is 2.46. The number of nitrogens with zero attached hydrogens (tertiary/aromatic N) is 1. The number of likely N-dealkylation sites (tertiary alicyclic amines) is 1. The number of hydrogen-bond acceptors (Lipinski definition) is 2. The third-order valence-electron chi connectivity index (χ3n) is 1.97. The summed E-state index contributed by atoms with van der Waals surface area (Å²) in [6.45, 7) is 1.06. The van der Waals surface area contributed by atoms with Crippen molar-refractivity contribution in [2.45, 2.75) is 12.8 Å². The second-order valence-corrected chi connectivity index (χ2v) is 2.69. The van der Waals surface area contributed by atoms with Crippen molar-refractivity contribution in [2.24, 2.45) is 5.92 Å². The second kappa shape index (κ2) is 3.37. The lowest BCUT2D eigenvalue weighted by atomic mass is 9.98. The van der Waals surface area contributed by atoms with E-state index < -0.39 is 5.97 Å². The first kappa shape index (κ1) is 8.04. The van der Waals surface area contributed by atoms with Crippen LogP contribution < -0.4 is 0 Å². The van der Waals surface area contributed by atoms with Crippen LogP contribution in [-0.4, -0.2) is 35.5 Å². The number of piperidine rings is 1. The van der Waals surface area contributed by atoms with Gasteiger partial charge in [-0.15, -0.1) is 0 Å². The first-order valence-corrected chi connectivity index (χ1v) is 3.59. The normalized spacial score (nSPS) is 19.8. The average molecular weight is 156 g/mol. The van der Waals surface area contributed by atoms with E-state index in [1.54, 1.807) is 6.41 Å². The van der Waals surface area contributed by atoms with E-state index in [9.17, 15) is 9.59 Å². The standard InChI is InChI=1S/C7H10NO3/c9-5-8-3-1-6(2-4-8)7(10)11/h6H,1-4H2,(H,10,11). The van der Waals surface area contributed by atoms with Gasteiger partial charge in [0.2, 0.25) is 0 Å². The maximum atomic E-state index is 10.4. The molecule has 0 aromatic heterocycles. The van der Waals surface area contributed by atoms with Crippen molar-refractivity contribution in [1.29, 1.82) is 0 Å². The van der Waals surface area contributed by atoms with Gasteiger partial charge in [-0.2, -0.15) is 0 Å². The van der Waals surface area contributed by atoms with Gasteiger partial charge in [0.15, 0.2) is 0 Å². The van der Waals surface area contributed by atoms with E-state index >= 15 is 0 Å². The number of rotatable bonds is 2. The van der Waals surface area contributed by atoms with Gasteiger partial charge >= 0.3 is 12.4 Å². The molecule has 11 heavy (non-hydrogen) atoms. The molecule has 1 amide bonds. The highest BCUT2D eigenvalue weighted by Crippen LogP contribution is 2.15. The molecule has 4 heteroatoms. The summed E-state index contributed by atoms with van der Waals surface area (Å²) < 4.78 is 0. The highest BCUT2D eigenvalue weighted by molar-refractivity contribution is 5.70. The van der Waals surface area contributed by atoms with Gasteiger partial charge in [0.25, 0.3) is 0 Å². The zero-order valence-electron chi connectivity index (χ0n) is 6.12. The van der Waals surface area contributed by atoms with Gasteiger partial charge in [0, 0.05) is 13.1 Å². The van der Waals surface area contributed by atoms with Gasteiger partial charge in [0.1, 0.15) is 0 Å². The summed E-state index contributed by atoms with van der Waals surface area (Å²) in [7, 11) is 0. The Morgan fingerprint density at radius 3 is 2.36 bits per heavy atom. The number of carbonyl (C=O) groups is 1. The maximum absolute atomic E-state index is 10.4.